The molecule has 110 valence electrons. The minimum absolute atomic E-state index is 0.114. The van der Waals surface area contributed by atoms with E-state index in [0.29, 0.717) is 11.0 Å². The van der Waals surface area contributed by atoms with Gasteiger partial charge in [-0.25, -0.2) is 0 Å². The molecule has 0 heterocycles. The van der Waals surface area contributed by atoms with Crippen LogP contribution < -0.4 is 0 Å². The lowest BCUT2D eigenvalue weighted by molar-refractivity contribution is -0.385. The summed E-state index contributed by atoms with van der Waals surface area (Å²) in [5.41, 5.74) is 2.28. The van der Waals surface area contributed by atoms with Crippen molar-refractivity contribution in [3.63, 3.8) is 0 Å². The fourth-order valence-electron chi connectivity index (χ4n) is 2.19. The van der Waals surface area contributed by atoms with E-state index in [4.69, 9.17) is 0 Å². The van der Waals surface area contributed by atoms with E-state index in [2.05, 4.69) is 39.9 Å². The molecular formula is C16H17BrN2O2. The zero-order valence-electron chi connectivity index (χ0n) is 11.8. The normalized spacial score (nSPS) is 10.8. The van der Waals surface area contributed by atoms with Crippen molar-refractivity contribution in [1.82, 2.24) is 4.90 Å². The highest BCUT2D eigenvalue weighted by Crippen LogP contribution is 2.29. The van der Waals surface area contributed by atoms with E-state index in [9.17, 15) is 10.1 Å². The molecule has 21 heavy (non-hydrogen) atoms. The Morgan fingerprint density at radius 2 is 1.81 bits per heavy atom. The molecule has 0 aromatic heterocycles. The molecule has 2 rings (SSSR count). The second-order valence-electron chi connectivity index (χ2n) is 4.80. The van der Waals surface area contributed by atoms with Crippen LogP contribution in [0.5, 0.6) is 0 Å². The maximum Gasteiger partial charge on any atom is 0.283 e. The van der Waals surface area contributed by atoms with E-state index in [-0.39, 0.29) is 10.6 Å². The second kappa shape index (κ2) is 7.33. The van der Waals surface area contributed by atoms with Gasteiger partial charge in [-0.2, -0.15) is 0 Å². The maximum absolute atomic E-state index is 11.0. The van der Waals surface area contributed by atoms with Crippen LogP contribution in [0.4, 0.5) is 5.69 Å². The summed E-state index contributed by atoms with van der Waals surface area (Å²) < 4.78 is 0.571. The van der Waals surface area contributed by atoms with Crippen LogP contribution in [0, 0.1) is 10.1 Å². The first-order chi connectivity index (χ1) is 10.1. The van der Waals surface area contributed by atoms with Crippen LogP contribution in [0.15, 0.2) is 53.0 Å². The lowest BCUT2D eigenvalue weighted by Crippen LogP contribution is -2.22. The van der Waals surface area contributed by atoms with E-state index in [1.165, 1.54) is 11.6 Å². The Labute approximate surface area is 132 Å². The topological polar surface area (TPSA) is 46.4 Å². The highest BCUT2D eigenvalue weighted by Gasteiger charge is 2.16. The van der Waals surface area contributed by atoms with Gasteiger partial charge in [0, 0.05) is 19.2 Å². The van der Waals surface area contributed by atoms with Crippen molar-refractivity contribution in [3.05, 3.63) is 74.2 Å². The number of nitro benzene ring substituents is 1. The molecular weight excluding hydrogens is 332 g/mol. The Hall–Kier alpha value is -1.72. The van der Waals surface area contributed by atoms with Gasteiger partial charge in [0.2, 0.25) is 0 Å². The fraction of sp³-hybridized carbons (Fsp3) is 0.250. The minimum Gasteiger partial charge on any atom is -0.295 e. The van der Waals surface area contributed by atoms with Gasteiger partial charge in [0.25, 0.3) is 5.69 Å². The number of benzene rings is 2. The first-order valence-corrected chi connectivity index (χ1v) is 7.59. The molecule has 0 spiro atoms. The molecule has 0 unspecified atom stereocenters. The van der Waals surface area contributed by atoms with Gasteiger partial charge in [-0.1, -0.05) is 49.4 Å². The number of hydrogen-bond acceptors (Lipinski definition) is 3. The van der Waals surface area contributed by atoms with Crippen molar-refractivity contribution < 1.29 is 4.92 Å². The second-order valence-corrected chi connectivity index (χ2v) is 5.59. The number of halogens is 1. The summed E-state index contributed by atoms with van der Waals surface area (Å²) in [7, 11) is 0. The molecule has 0 N–H and O–H groups in total. The Bertz CT molecular complexity index is 617. The van der Waals surface area contributed by atoms with Gasteiger partial charge in [-0.3, -0.25) is 15.0 Å². The zero-order chi connectivity index (χ0) is 15.2. The third-order valence-electron chi connectivity index (χ3n) is 3.35. The molecule has 0 aliphatic heterocycles. The van der Waals surface area contributed by atoms with E-state index >= 15 is 0 Å². The first-order valence-electron chi connectivity index (χ1n) is 6.80. The smallest absolute Gasteiger partial charge is 0.283 e. The number of rotatable bonds is 6. The van der Waals surface area contributed by atoms with Crippen molar-refractivity contribution in [2.45, 2.75) is 20.0 Å². The van der Waals surface area contributed by atoms with Gasteiger partial charge in [-0.05, 0) is 33.6 Å². The molecule has 0 saturated carbocycles. The van der Waals surface area contributed by atoms with Crippen LogP contribution >= 0.6 is 15.9 Å². The fourth-order valence-corrected chi connectivity index (χ4v) is 2.73. The highest BCUT2D eigenvalue weighted by molar-refractivity contribution is 9.10. The molecule has 5 heteroatoms. The predicted molar refractivity (Wildman–Crippen MR) is 87.0 cm³/mol. The van der Waals surface area contributed by atoms with Gasteiger partial charge in [0.05, 0.1) is 9.40 Å². The maximum atomic E-state index is 11.0. The van der Waals surface area contributed by atoms with Crippen molar-refractivity contribution >= 4 is 21.6 Å². The van der Waals surface area contributed by atoms with Gasteiger partial charge in [-0.15, -0.1) is 0 Å². The summed E-state index contributed by atoms with van der Waals surface area (Å²) in [6.07, 6.45) is 0. The average Bonchev–Trinajstić information content (AvgIpc) is 2.49. The van der Waals surface area contributed by atoms with Gasteiger partial charge in [0.15, 0.2) is 0 Å². The van der Waals surface area contributed by atoms with Crippen molar-refractivity contribution in [1.29, 1.82) is 0 Å². The Balaban J connectivity index is 2.15. The zero-order valence-corrected chi connectivity index (χ0v) is 13.4. The average molecular weight is 349 g/mol. The Kier molecular flexibility index (Phi) is 5.47. The third kappa shape index (κ3) is 4.12. The summed E-state index contributed by atoms with van der Waals surface area (Å²) in [5, 5.41) is 11.0. The molecule has 2 aromatic rings. The van der Waals surface area contributed by atoms with Crippen LogP contribution in [0.25, 0.3) is 0 Å². The van der Waals surface area contributed by atoms with Gasteiger partial charge >= 0.3 is 0 Å². The van der Waals surface area contributed by atoms with Crippen LogP contribution in [-0.4, -0.2) is 16.4 Å². The lowest BCUT2D eigenvalue weighted by Gasteiger charge is -2.21. The van der Waals surface area contributed by atoms with E-state index in [1.807, 2.05) is 24.3 Å². The number of nitro groups is 1. The van der Waals surface area contributed by atoms with E-state index in [1.54, 1.807) is 6.07 Å². The molecule has 0 radical (unpaired) electrons. The number of hydrogen-bond donors (Lipinski definition) is 0. The predicted octanol–water partition coefficient (Wildman–Crippen LogP) is 4.38. The summed E-state index contributed by atoms with van der Waals surface area (Å²) in [5.74, 6) is 0. The number of nitrogens with zero attached hydrogens (tertiary/aromatic N) is 2. The van der Waals surface area contributed by atoms with Crippen molar-refractivity contribution in [2.24, 2.45) is 0 Å². The molecule has 0 bridgehead atoms. The third-order valence-corrected chi connectivity index (χ3v) is 4.26. The van der Waals surface area contributed by atoms with Crippen LogP contribution in [-0.2, 0) is 13.1 Å². The van der Waals surface area contributed by atoms with Crippen LogP contribution in [0.1, 0.15) is 18.1 Å². The SMILES string of the molecule is CCN(Cc1ccccc1)Cc1cccc([N+](=O)[O-])c1Br. The molecule has 0 saturated heterocycles. The van der Waals surface area contributed by atoms with Crippen molar-refractivity contribution in [3.8, 4) is 0 Å². The Morgan fingerprint density at radius 3 is 2.43 bits per heavy atom. The first kappa shape index (κ1) is 15.7. The monoisotopic (exact) mass is 348 g/mol. The van der Waals surface area contributed by atoms with Gasteiger partial charge in [0.1, 0.15) is 0 Å². The van der Waals surface area contributed by atoms with Crippen LogP contribution in [0.2, 0.25) is 0 Å². The molecule has 0 fully saturated rings. The van der Waals surface area contributed by atoms with Crippen LogP contribution in [0.3, 0.4) is 0 Å². The minimum atomic E-state index is -0.360. The molecule has 4 nitrogen and oxygen atoms in total. The summed E-state index contributed by atoms with van der Waals surface area (Å²) >= 11 is 3.36. The lowest BCUT2D eigenvalue weighted by atomic mass is 10.1. The van der Waals surface area contributed by atoms with E-state index < -0.39 is 0 Å². The summed E-state index contributed by atoms with van der Waals surface area (Å²) in [6, 6.07) is 15.4. The molecule has 0 aliphatic rings. The Morgan fingerprint density at radius 1 is 1.10 bits per heavy atom. The molecule has 0 atom stereocenters. The largest absolute Gasteiger partial charge is 0.295 e. The summed E-state index contributed by atoms with van der Waals surface area (Å²) in [6.45, 7) is 4.47. The van der Waals surface area contributed by atoms with E-state index in [0.717, 1.165) is 18.7 Å². The molecule has 0 amide bonds. The summed E-state index contributed by atoms with van der Waals surface area (Å²) in [4.78, 5) is 12.9. The highest BCUT2D eigenvalue weighted by atomic mass is 79.9. The molecule has 2 aromatic carbocycles. The van der Waals surface area contributed by atoms with Gasteiger partial charge < -0.3 is 0 Å². The standard InChI is InChI=1S/C16H17BrN2O2/c1-2-18(11-13-7-4-3-5-8-13)12-14-9-6-10-15(16(14)17)19(20)21/h3-10H,2,11-12H2,1H3. The quantitative estimate of drug-likeness (QED) is 0.574. The molecule has 0 aliphatic carbocycles. The van der Waals surface area contributed by atoms with Crippen molar-refractivity contribution in [2.75, 3.05) is 6.54 Å².